The highest BCUT2D eigenvalue weighted by Gasteiger charge is 2.26. The van der Waals surface area contributed by atoms with E-state index in [1.54, 1.807) is 42.2 Å². The Hall–Kier alpha value is -3.63. The number of carbonyl (C=O) groups is 2. The van der Waals surface area contributed by atoms with Gasteiger partial charge in [0.2, 0.25) is 0 Å². The summed E-state index contributed by atoms with van der Waals surface area (Å²) in [6, 6.07) is 19.1. The first-order chi connectivity index (χ1) is 15.5. The number of hydrogen-bond acceptors (Lipinski definition) is 6. The van der Waals surface area contributed by atoms with Gasteiger partial charge < -0.3 is 14.4 Å². The molecule has 0 radical (unpaired) electrons. The van der Waals surface area contributed by atoms with E-state index in [4.69, 9.17) is 14.7 Å². The Morgan fingerprint density at radius 3 is 2.41 bits per heavy atom. The highest BCUT2D eigenvalue weighted by molar-refractivity contribution is 5.90. The summed E-state index contributed by atoms with van der Waals surface area (Å²) < 4.78 is 10.5. The lowest BCUT2D eigenvalue weighted by molar-refractivity contribution is -0.156. The van der Waals surface area contributed by atoms with Crippen LogP contribution in [-0.2, 0) is 20.9 Å². The average Bonchev–Trinajstić information content (AvgIpc) is 2.82. The van der Waals surface area contributed by atoms with Crippen LogP contribution in [0.2, 0.25) is 0 Å². The molecule has 0 N–H and O–H groups in total. The highest BCUT2D eigenvalue weighted by Crippen LogP contribution is 2.14. The van der Waals surface area contributed by atoms with Crippen molar-refractivity contribution in [3.8, 4) is 11.8 Å². The minimum Gasteiger partial charge on any atom is -0.479 e. The first-order valence-corrected chi connectivity index (χ1v) is 10.6. The Kier molecular flexibility index (Phi) is 8.41. The first-order valence-electron chi connectivity index (χ1n) is 10.6. The number of ether oxygens (including phenoxy) is 2. The van der Waals surface area contributed by atoms with Crippen LogP contribution in [0.4, 0.5) is 0 Å². The summed E-state index contributed by atoms with van der Waals surface area (Å²) in [6.07, 6.45) is 2.07. The predicted octanol–water partition coefficient (Wildman–Crippen LogP) is 2.88. The van der Waals surface area contributed by atoms with E-state index in [0.717, 1.165) is 25.2 Å². The molecule has 1 amide bonds. The molecular weight excluding hydrogens is 406 g/mol. The average molecular weight is 434 g/mol. The summed E-state index contributed by atoms with van der Waals surface area (Å²) in [6.45, 7) is 5.25. The third-order valence-electron chi connectivity index (χ3n) is 5.17. The molecule has 2 aromatic rings. The number of hydrogen-bond donors (Lipinski definition) is 0. The molecule has 32 heavy (non-hydrogen) atoms. The molecule has 0 aliphatic carbocycles. The second-order valence-corrected chi connectivity index (χ2v) is 7.52. The Labute approximate surface area is 188 Å². The van der Waals surface area contributed by atoms with Gasteiger partial charge in [-0.1, -0.05) is 42.5 Å². The first kappa shape index (κ1) is 23.0. The van der Waals surface area contributed by atoms with E-state index in [-0.39, 0.29) is 12.5 Å². The van der Waals surface area contributed by atoms with Crippen LogP contribution in [-0.4, -0.2) is 60.6 Å². The number of nitrogens with zero attached hydrogens (tertiary/aromatic N) is 3. The van der Waals surface area contributed by atoms with Crippen LogP contribution < -0.4 is 4.74 Å². The number of amides is 1. The van der Waals surface area contributed by atoms with Crippen LogP contribution in [0.1, 0.15) is 18.1 Å². The Morgan fingerprint density at radius 1 is 1.06 bits per heavy atom. The molecule has 0 aromatic heterocycles. The molecule has 0 spiro atoms. The van der Waals surface area contributed by atoms with Crippen molar-refractivity contribution in [1.82, 2.24) is 9.80 Å². The second-order valence-electron chi connectivity index (χ2n) is 7.52. The number of nitriles is 1. The minimum atomic E-state index is -0.838. The SMILES string of the molecule is CC(OC(=O)/C=C/c1ccc(OCC#N)cc1)C(=O)N1CCN(Cc2ccccc2)CC1. The topological polar surface area (TPSA) is 82.9 Å². The van der Waals surface area contributed by atoms with Crippen molar-refractivity contribution >= 4 is 18.0 Å². The van der Waals surface area contributed by atoms with Crippen molar-refractivity contribution in [2.24, 2.45) is 0 Å². The Bertz CT molecular complexity index is 959. The molecule has 1 fully saturated rings. The molecule has 7 heteroatoms. The van der Waals surface area contributed by atoms with Gasteiger partial charge in [-0.3, -0.25) is 9.69 Å². The predicted molar refractivity (Wildman–Crippen MR) is 120 cm³/mol. The zero-order valence-electron chi connectivity index (χ0n) is 18.1. The fourth-order valence-corrected chi connectivity index (χ4v) is 3.44. The summed E-state index contributed by atoms with van der Waals surface area (Å²) in [4.78, 5) is 28.9. The zero-order valence-corrected chi connectivity index (χ0v) is 18.1. The summed E-state index contributed by atoms with van der Waals surface area (Å²) in [5.41, 5.74) is 2.03. The molecule has 166 valence electrons. The molecule has 2 aromatic carbocycles. The van der Waals surface area contributed by atoms with E-state index in [9.17, 15) is 9.59 Å². The van der Waals surface area contributed by atoms with E-state index >= 15 is 0 Å². The van der Waals surface area contributed by atoms with Gasteiger partial charge in [-0.25, -0.2) is 4.79 Å². The fourth-order valence-electron chi connectivity index (χ4n) is 3.44. The fraction of sp³-hybridized carbons (Fsp3) is 0.320. The minimum absolute atomic E-state index is 0.0183. The molecule has 1 saturated heterocycles. The molecule has 7 nitrogen and oxygen atoms in total. The molecule has 0 saturated carbocycles. The van der Waals surface area contributed by atoms with Gasteiger partial charge in [0.25, 0.3) is 5.91 Å². The quantitative estimate of drug-likeness (QED) is 0.470. The smallest absolute Gasteiger partial charge is 0.331 e. The lowest BCUT2D eigenvalue weighted by Gasteiger charge is -2.35. The molecule has 3 rings (SSSR count). The number of rotatable bonds is 8. The second kappa shape index (κ2) is 11.7. The van der Waals surface area contributed by atoms with Crippen molar-refractivity contribution in [1.29, 1.82) is 5.26 Å². The maximum Gasteiger partial charge on any atom is 0.331 e. The molecule has 1 unspecified atom stereocenters. The largest absolute Gasteiger partial charge is 0.479 e. The van der Waals surface area contributed by atoms with Crippen molar-refractivity contribution in [3.63, 3.8) is 0 Å². The summed E-state index contributed by atoms with van der Waals surface area (Å²) in [5, 5.41) is 8.52. The van der Waals surface area contributed by atoms with Crippen LogP contribution in [0.3, 0.4) is 0 Å². The van der Waals surface area contributed by atoms with E-state index in [0.29, 0.717) is 18.8 Å². The van der Waals surface area contributed by atoms with Crippen LogP contribution >= 0.6 is 0 Å². The van der Waals surface area contributed by atoms with Crippen molar-refractivity contribution in [2.75, 3.05) is 32.8 Å². The van der Waals surface area contributed by atoms with Gasteiger partial charge in [0, 0.05) is 38.8 Å². The number of piperazine rings is 1. The van der Waals surface area contributed by atoms with Crippen LogP contribution in [0.5, 0.6) is 5.75 Å². The van der Waals surface area contributed by atoms with Gasteiger partial charge >= 0.3 is 5.97 Å². The van der Waals surface area contributed by atoms with Gasteiger partial charge in [-0.2, -0.15) is 5.26 Å². The van der Waals surface area contributed by atoms with Crippen molar-refractivity contribution in [2.45, 2.75) is 19.6 Å². The van der Waals surface area contributed by atoms with E-state index < -0.39 is 12.1 Å². The lowest BCUT2D eigenvalue weighted by Crippen LogP contribution is -2.51. The van der Waals surface area contributed by atoms with Crippen LogP contribution in [0.15, 0.2) is 60.7 Å². The number of carbonyl (C=O) groups excluding carboxylic acids is 2. The lowest BCUT2D eigenvalue weighted by atomic mass is 10.2. The standard InChI is InChI=1S/C25H27N3O4/c1-20(32-24(29)12-9-21-7-10-23(11-8-21)31-18-13-26)25(30)28-16-14-27(15-17-28)19-22-5-3-2-4-6-22/h2-12,20H,14-19H2,1H3/b12-9+. The monoisotopic (exact) mass is 433 g/mol. The highest BCUT2D eigenvalue weighted by atomic mass is 16.5. The van der Waals surface area contributed by atoms with Gasteiger partial charge in [0.15, 0.2) is 12.7 Å². The summed E-state index contributed by atoms with van der Waals surface area (Å²) in [7, 11) is 0. The van der Waals surface area contributed by atoms with Gasteiger partial charge in [0.05, 0.1) is 0 Å². The molecule has 1 aliphatic rings. The van der Waals surface area contributed by atoms with Crippen molar-refractivity contribution < 1.29 is 19.1 Å². The van der Waals surface area contributed by atoms with Crippen LogP contribution in [0, 0.1) is 11.3 Å². The van der Waals surface area contributed by atoms with Crippen LogP contribution in [0.25, 0.3) is 6.08 Å². The summed E-state index contributed by atoms with van der Waals surface area (Å²) in [5.74, 6) is -0.169. The van der Waals surface area contributed by atoms with E-state index in [1.165, 1.54) is 11.6 Å². The normalized spacial score (nSPS) is 15.2. The zero-order chi connectivity index (χ0) is 22.8. The molecule has 1 atom stereocenters. The molecule has 1 aliphatic heterocycles. The Balaban J connectivity index is 1.42. The van der Waals surface area contributed by atoms with Gasteiger partial charge in [0.1, 0.15) is 11.8 Å². The maximum atomic E-state index is 12.7. The molecular formula is C25H27N3O4. The maximum absolute atomic E-state index is 12.7. The number of benzene rings is 2. The third-order valence-corrected chi connectivity index (χ3v) is 5.17. The van der Waals surface area contributed by atoms with Crippen molar-refractivity contribution in [3.05, 3.63) is 71.8 Å². The van der Waals surface area contributed by atoms with E-state index in [2.05, 4.69) is 17.0 Å². The Morgan fingerprint density at radius 2 is 1.75 bits per heavy atom. The van der Waals surface area contributed by atoms with E-state index in [1.807, 2.05) is 24.3 Å². The van der Waals surface area contributed by atoms with Gasteiger partial charge in [-0.05, 0) is 36.3 Å². The molecule has 1 heterocycles. The summed E-state index contributed by atoms with van der Waals surface area (Å²) >= 11 is 0. The van der Waals surface area contributed by atoms with Gasteiger partial charge in [-0.15, -0.1) is 0 Å². The molecule has 0 bridgehead atoms. The third kappa shape index (κ3) is 6.96. The number of esters is 1.